The van der Waals surface area contributed by atoms with Crippen molar-refractivity contribution >= 4 is 71.2 Å². The van der Waals surface area contributed by atoms with E-state index in [1.807, 2.05) is 6.07 Å². The molecule has 262 valence electrons. The molecule has 55 heavy (non-hydrogen) atoms. The van der Waals surface area contributed by atoms with Crippen LogP contribution in [-0.4, -0.2) is 15.2 Å². The Balaban J connectivity index is 1.03. The van der Waals surface area contributed by atoms with E-state index in [-0.39, 0.29) is 11.5 Å². The number of hydrogen-bond acceptors (Lipinski definition) is 2. The molecule has 6 aromatic carbocycles. The van der Waals surface area contributed by atoms with Gasteiger partial charge in [0.2, 0.25) is 0 Å². The van der Waals surface area contributed by atoms with Crippen molar-refractivity contribution in [3.63, 3.8) is 0 Å². The second kappa shape index (κ2) is 10.4. The van der Waals surface area contributed by atoms with Gasteiger partial charge in [0.1, 0.15) is 23.0 Å². The molecule has 0 saturated carbocycles. The van der Waals surface area contributed by atoms with Crippen molar-refractivity contribution in [1.82, 2.24) is 9.13 Å². The number of nitrogens with zero attached hydrogens (tertiary/aromatic N) is 2. The van der Waals surface area contributed by atoms with E-state index in [1.54, 1.807) is 0 Å². The molecule has 0 spiro atoms. The molecular formula is C51H36N2O2. The average molecular weight is 709 g/mol. The maximum Gasteiger partial charge on any atom is 0.135 e. The third-order valence-corrected chi connectivity index (χ3v) is 13.2. The molecule has 2 atom stereocenters. The second-order valence-corrected chi connectivity index (χ2v) is 16.3. The first-order valence-corrected chi connectivity index (χ1v) is 19.5. The average Bonchev–Trinajstić information content (AvgIpc) is 4.00. The van der Waals surface area contributed by atoms with Crippen LogP contribution in [0.4, 0.5) is 0 Å². The number of hydrogen-bond donors (Lipinski definition) is 0. The summed E-state index contributed by atoms with van der Waals surface area (Å²) in [5.41, 5.74) is 15.8. The fourth-order valence-corrected chi connectivity index (χ4v) is 10.5. The number of furan rings is 1. The minimum Gasteiger partial charge on any atom is -0.489 e. The molecule has 4 heteroatoms. The Morgan fingerprint density at radius 3 is 2.02 bits per heavy atom. The fourth-order valence-electron chi connectivity index (χ4n) is 10.5. The SMILES string of the molecule is CC1(C)c2cc3c(cc2-c2cc4c5ccccc5n(-c5ccc6oc7ccccc7c6c5)c4cc21)c1ccccc1n3C1=CCC2OC3=CC=CCC3C2=C1. The zero-order valence-corrected chi connectivity index (χ0v) is 30.6. The Labute approximate surface area is 317 Å². The van der Waals surface area contributed by atoms with Crippen LogP contribution in [0, 0.1) is 5.92 Å². The van der Waals surface area contributed by atoms with E-state index >= 15 is 0 Å². The van der Waals surface area contributed by atoms with Gasteiger partial charge in [-0.2, -0.15) is 0 Å². The Hall–Kier alpha value is -6.52. The third kappa shape index (κ3) is 3.86. The Kier molecular flexibility index (Phi) is 5.63. The van der Waals surface area contributed by atoms with Gasteiger partial charge in [-0.25, -0.2) is 0 Å². The molecule has 1 saturated heterocycles. The molecule has 1 fully saturated rings. The van der Waals surface area contributed by atoms with Crippen molar-refractivity contribution in [2.24, 2.45) is 5.92 Å². The van der Waals surface area contributed by atoms with Crippen LogP contribution in [0.5, 0.6) is 0 Å². The van der Waals surface area contributed by atoms with Gasteiger partial charge in [0, 0.05) is 61.5 Å². The standard InChI is InChI=1S/C51H36N2O2/c1-51(2)41-27-45-37(31-11-3-7-15-43(31)52(45)29-19-21-49-39(23-29)33-13-5-9-17-47(33)54-49)25-35(41)36-26-38-32-12-4-8-16-44(32)53(46(38)28-42(36)51)30-20-22-50-40(24-30)34-14-6-10-18-48(34)55-50/h3-13,15-21,23-28,34,50H,14,22H2,1-2H3. The van der Waals surface area contributed by atoms with Gasteiger partial charge in [-0.1, -0.05) is 86.7 Å². The highest BCUT2D eigenvalue weighted by molar-refractivity contribution is 6.15. The monoisotopic (exact) mass is 708 g/mol. The van der Waals surface area contributed by atoms with Gasteiger partial charge in [0.05, 0.1) is 22.1 Å². The van der Waals surface area contributed by atoms with Crippen LogP contribution in [0.2, 0.25) is 0 Å². The molecule has 0 N–H and O–H groups in total. The molecular weight excluding hydrogens is 673 g/mol. The molecule has 0 amide bonds. The number of aromatic nitrogens is 2. The smallest absolute Gasteiger partial charge is 0.135 e. The van der Waals surface area contributed by atoms with Gasteiger partial charge < -0.3 is 18.3 Å². The largest absolute Gasteiger partial charge is 0.489 e. The molecule has 4 aliphatic rings. The van der Waals surface area contributed by atoms with E-state index in [1.165, 1.54) is 77.1 Å². The van der Waals surface area contributed by atoms with Crippen molar-refractivity contribution in [2.45, 2.75) is 38.2 Å². The van der Waals surface area contributed by atoms with Crippen LogP contribution in [0.3, 0.4) is 0 Å². The van der Waals surface area contributed by atoms with Crippen molar-refractivity contribution in [3.8, 4) is 16.8 Å². The van der Waals surface area contributed by atoms with Gasteiger partial charge in [-0.15, -0.1) is 0 Å². The van der Waals surface area contributed by atoms with Gasteiger partial charge >= 0.3 is 0 Å². The summed E-state index contributed by atoms with van der Waals surface area (Å²) in [5.74, 6) is 1.47. The molecule has 3 aliphatic carbocycles. The normalized spacial score (nSPS) is 19.5. The summed E-state index contributed by atoms with van der Waals surface area (Å²) in [6.45, 7) is 4.82. The zero-order chi connectivity index (χ0) is 36.2. The summed E-state index contributed by atoms with van der Waals surface area (Å²) < 4.78 is 17.6. The quantitative estimate of drug-likeness (QED) is 0.179. The summed E-state index contributed by atoms with van der Waals surface area (Å²) in [7, 11) is 0. The first kappa shape index (κ1) is 29.9. The lowest BCUT2D eigenvalue weighted by Gasteiger charge is -2.23. The highest BCUT2D eigenvalue weighted by Gasteiger charge is 2.39. The first-order valence-electron chi connectivity index (χ1n) is 19.5. The lowest BCUT2D eigenvalue weighted by Crippen LogP contribution is -2.16. The summed E-state index contributed by atoms with van der Waals surface area (Å²) >= 11 is 0. The predicted molar refractivity (Wildman–Crippen MR) is 226 cm³/mol. The molecule has 1 aliphatic heterocycles. The van der Waals surface area contributed by atoms with Crippen LogP contribution in [0.1, 0.15) is 37.8 Å². The second-order valence-electron chi connectivity index (χ2n) is 16.3. The molecule has 4 nitrogen and oxygen atoms in total. The summed E-state index contributed by atoms with van der Waals surface area (Å²) in [6, 6.07) is 42.7. The van der Waals surface area contributed by atoms with Crippen LogP contribution in [0.15, 0.2) is 161 Å². The lowest BCUT2D eigenvalue weighted by atomic mass is 9.82. The topological polar surface area (TPSA) is 32.2 Å². The van der Waals surface area contributed by atoms with E-state index in [9.17, 15) is 0 Å². The zero-order valence-electron chi connectivity index (χ0n) is 30.6. The fraction of sp³-hybridized carbons (Fsp3) is 0.137. The molecule has 0 bridgehead atoms. The van der Waals surface area contributed by atoms with Crippen molar-refractivity contribution in [3.05, 3.63) is 168 Å². The van der Waals surface area contributed by atoms with E-state index < -0.39 is 0 Å². The summed E-state index contributed by atoms with van der Waals surface area (Å²) in [6.07, 6.45) is 13.4. The molecule has 3 aromatic heterocycles. The van der Waals surface area contributed by atoms with Gasteiger partial charge in [-0.3, -0.25) is 0 Å². The van der Waals surface area contributed by atoms with Crippen LogP contribution in [0.25, 0.3) is 88.1 Å². The summed E-state index contributed by atoms with van der Waals surface area (Å²) in [5, 5.41) is 7.41. The third-order valence-electron chi connectivity index (χ3n) is 13.2. The Morgan fingerprint density at radius 1 is 0.600 bits per heavy atom. The number of benzene rings is 6. The lowest BCUT2D eigenvalue weighted by molar-refractivity contribution is 0.178. The van der Waals surface area contributed by atoms with Crippen LogP contribution >= 0.6 is 0 Å². The molecule has 13 rings (SSSR count). The maximum absolute atomic E-state index is 6.44. The predicted octanol–water partition coefficient (Wildman–Crippen LogP) is 13.1. The van der Waals surface area contributed by atoms with E-state index in [4.69, 9.17) is 9.15 Å². The molecule has 9 aromatic rings. The molecule has 4 heterocycles. The minimum atomic E-state index is -0.210. The summed E-state index contributed by atoms with van der Waals surface area (Å²) in [4.78, 5) is 0. The molecule has 0 radical (unpaired) electrons. The van der Waals surface area contributed by atoms with E-state index in [0.717, 1.165) is 46.2 Å². The highest BCUT2D eigenvalue weighted by atomic mass is 16.5. The van der Waals surface area contributed by atoms with Crippen molar-refractivity contribution in [2.75, 3.05) is 0 Å². The maximum atomic E-state index is 6.44. The number of para-hydroxylation sites is 3. The number of fused-ring (bicyclic) bond motifs is 15. The Bertz CT molecular complexity index is 3340. The van der Waals surface area contributed by atoms with E-state index in [2.05, 4.69) is 163 Å². The first-order chi connectivity index (χ1) is 27.0. The van der Waals surface area contributed by atoms with E-state index in [0.29, 0.717) is 5.92 Å². The van der Waals surface area contributed by atoms with Crippen LogP contribution in [-0.2, 0) is 10.2 Å². The molecule has 2 unspecified atom stereocenters. The van der Waals surface area contributed by atoms with Crippen LogP contribution < -0.4 is 0 Å². The van der Waals surface area contributed by atoms with Crippen molar-refractivity contribution in [1.29, 1.82) is 0 Å². The van der Waals surface area contributed by atoms with Gasteiger partial charge in [-0.05, 0) is 107 Å². The van der Waals surface area contributed by atoms with Gasteiger partial charge in [0.25, 0.3) is 0 Å². The highest BCUT2D eigenvalue weighted by Crippen LogP contribution is 2.54. The number of ether oxygens (including phenoxy) is 1. The Morgan fingerprint density at radius 2 is 1.25 bits per heavy atom. The van der Waals surface area contributed by atoms with Crippen molar-refractivity contribution < 1.29 is 9.15 Å². The number of allylic oxidation sites excluding steroid dienone is 6. The van der Waals surface area contributed by atoms with Gasteiger partial charge in [0.15, 0.2) is 0 Å². The minimum absolute atomic E-state index is 0.137. The number of rotatable bonds is 2.